The lowest BCUT2D eigenvalue weighted by Gasteiger charge is -2.45. The Bertz CT molecular complexity index is 4700. The lowest BCUT2D eigenvalue weighted by Crippen LogP contribution is -2.58. The van der Waals surface area contributed by atoms with Crippen molar-refractivity contribution in [1.29, 1.82) is 0 Å². The molecule has 2 aliphatic rings. The molecule has 0 amide bonds. The van der Waals surface area contributed by atoms with Crippen molar-refractivity contribution >= 4 is 65.2 Å². The highest BCUT2D eigenvalue weighted by atomic mass is 16.6. The number of nitro benzene ring substituents is 1. The standard InChI is InChI=1S/C86H80N2O27/c1-85(2)74-43-66(14-15-75(74)87(3)86(85)18-17-56-34-65(88(97)98)13-16-76(56)115-86)107-19-12-20-108-67-24-50(44-109-68-26-52(46-111-70-35-57(77(89)99-4)30-58(36-70)78(90)100-5)22-53(27-68)47-112-71-37-59(79(91)101-6)31-60(38-71)80(92)102-7)21-51(25-67)45-110-69-28-54(48-113-72-39-61(81(93)103-8)32-62(40-72)82(94)104-9)23-55(29-69)49-114-73-41-63(83(95)105-10)33-64(42-73)84(96)106-11/h13-18,21-43H,12,19-20,44-49H2,1-11H3. The first-order valence-electron chi connectivity index (χ1n) is 35.5. The summed E-state index contributed by atoms with van der Waals surface area (Å²) in [5.41, 5.74) is 4.21. The Morgan fingerprint density at radius 1 is 0.357 bits per heavy atom. The van der Waals surface area contributed by atoms with Gasteiger partial charge in [-0.1, -0.05) is 0 Å². The van der Waals surface area contributed by atoms with Crippen molar-refractivity contribution in [2.45, 2.75) is 71.0 Å². The van der Waals surface area contributed by atoms with Crippen molar-refractivity contribution in [3.63, 3.8) is 0 Å². The number of methoxy groups -OCH3 is 8. The van der Waals surface area contributed by atoms with E-state index >= 15 is 0 Å². The summed E-state index contributed by atoms with van der Waals surface area (Å²) in [4.78, 5) is 116. The Hall–Kier alpha value is -14.1. The predicted octanol–water partition coefficient (Wildman–Crippen LogP) is 13.7. The van der Waals surface area contributed by atoms with Crippen LogP contribution >= 0.6 is 0 Å². The topological polar surface area (TPSA) is 340 Å². The van der Waals surface area contributed by atoms with E-state index in [0.717, 1.165) is 11.3 Å². The van der Waals surface area contributed by atoms with Gasteiger partial charge in [0.1, 0.15) is 91.4 Å². The maximum Gasteiger partial charge on any atom is 0.338 e. The van der Waals surface area contributed by atoms with E-state index < -0.39 is 63.8 Å². The van der Waals surface area contributed by atoms with Crippen molar-refractivity contribution in [2.24, 2.45) is 0 Å². The van der Waals surface area contributed by atoms with Gasteiger partial charge in [0.15, 0.2) is 0 Å². The lowest BCUT2D eigenvalue weighted by atomic mass is 9.76. The number of anilines is 1. The zero-order chi connectivity index (χ0) is 82.3. The third kappa shape index (κ3) is 19.4. The summed E-state index contributed by atoms with van der Waals surface area (Å²) in [5.74, 6) is -3.24. The molecule has 29 nitrogen and oxygen atoms in total. The molecule has 0 saturated carbocycles. The van der Waals surface area contributed by atoms with Gasteiger partial charge in [0.05, 0.1) is 125 Å². The average Bonchev–Trinajstić information content (AvgIpc) is 1.53. The molecule has 0 bridgehead atoms. The molecule has 0 radical (unpaired) electrons. The maximum absolute atomic E-state index is 12.8. The van der Waals surface area contributed by atoms with Crippen molar-refractivity contribution in [2.75, 3.05) is 82.0 Å². The van der Waals surface area contributed by atoms with Gasteiger partial charge < -0.3 is 85.4 Å². The van der Waals surface area contributed by atoms with Gasteiger partial charge in [-0.05, 0) is 217 Å². The summed E-state index contributed by atoms with van der Waals surface area (Å²) >= 11 is 0. The van der Waals surface area contributed by atoms with Gasteiger partial charge >= 0.3 is 47.8 Å². The fourth-order valence-corrected chi connectivity index (χ4v) is 13.0. The first-order chi connectivity index (χ1) is 55.3. The third-order valence-corrected chi connectivity index (χ3v) is 18.7. The van der Waals surface area contributed by atoms with E-state index in [4.69, 9.17) is 80.5 Å². The average molecular weight is 1570 g/mol. The predicted molar refractivity (Wildman–Crippen MR) is 411 cm³/mol. The van der Waals surface area contributed by atoms with Crippen LogP contribution in [-0.4, -0.2) is 136 Å². The van der Waals surface area contributed by atoms with Gasteiger partial charge in [0.25, 0.3) is 5.69 Å². The molecule has 1 unspecified atom stereocenters. The molecule has 2 aliphatic heterocycles. The fourth-order valence-electron chi connectivity index (χ4n) is 13.0. The van der Waals surface area contributed by atoms with Gasteiger partial charge in [-0.25, -0.2) is 38.4 Å². The highest BCUT2D eigenvalue weighted by Gasteiger charge is 2.58. The van der Waals surface area contributed by atoms with Crippen LogP contribution in [0.2, 0.25) is 0 Å². The molecule has 0 saturated heterocycles. The minimum atomic E-state index is -0.975. The van der Waals surface area contributed by atoms with Crippen LogP contribution in [0.1, 0.15) is 148 Å². The molecular formula is C86H80N2O27. The zero-order valence-electron chi connectivity index (χ0n) is 64.5. The lowest BCUT2D eigenvalue weighted by molar-refractivity contribution is -0.384. The van der Waals surface area contributed by atoms with E-state index in [-0.39, 0.29) is 126 Å². The van der Waals surface area contributed by atoms with Gasteiger partial charge in [-0.3, -0.25) is 10.1 Å². The van der Waals surface area contributed by atoms with Crippen LogP contribution in [0.5, 0.6) is 51.7 Å². The normalized spacial score (nSPS) is 13.3. The van der Waals surface area contributed by atoms with Crippen LogP contribution in [0.25, 0.3) is 6.08 Å². The SMILES string of the molecule is COC(=O)c1cc(OCc2cc(COc3cc(C(=O)OC)cc(C(=O)OC)c3)cc(OCc3cc(COc4cc(COc5cc(C(=O)OC)cc(C(=O)OC)c5)cc(COc5cc(C(=O)OC)cc(C(=O)OC)c5)c4)cc(OCCCOc4ccc5c(c4)C(C)(C)C4(C=Cc6cc([N+](=O)[O-])ccc6O4)N5C)c3)c2)cc(C(=O)OC)c1. The monoisotopic (exact) mass is 1570 g/mol. The van der Waals surface area contributed by atoms with Crippen LogP contribution in [0.4, 0.5) is 11.4 Å². The van der Waals surface area contributed by atoms with Gasteiger partial charge in [-0.2, -0.15) is 0 Å². The number of ether oxygens (including phenoxy) is 17. The van der Waals surface area contributed by atoms with Crippen molar-refractivity contribution in [1.82, 2.24) is 0 Å². The second-order valence-electron chi connectivity index (χ2n) is 26.6. The van der Waals surface area contributed by atoms with E-state index in [2.05, 4.69) is 13.8 Å². The van der Waals surface area contributed by atoms with Crippen LogP contribution in [0.15, 0.2) is 170 Å². The van der Waals surface area contributed by atoms with Crippen LogP contribution in [0.3, 0.4) is 0 Å². The molecule has 9 aromatic rings. The molecule has 1 atom stereocenters. The van der Waals surface area contributed by atoms with Gasteiger partial charge in [-0.15, -0.1) is 0 Å². The largest absolute Gasteiger partial charge is 0.493 e. The molecule has 29 heteroatoms. The number of hydrogen-bond donors (Lipinski definition) is 0. The maximum atomic E-state index is 12.8. The Morgan fingerprint density at radius 3 is 0.939 bits per heavy atom. The Kier molecular flexibility index (Phi) is 25.9. The summed E-state index contributed by atoms with van der Waals surface area (Å²) in [5, 5.41) is 11.6. The highest BCUT2D eigenvalue weighted by Crippen LogP contribution is 2.55. The minimum Gasteiger partial charge on any atom is -0.493 e. The third-order valence-electron chi connectivity index (χ3n) is 18.7. The molecule has 0 aromatic heterocycles. The number of esters is 8. The fraction of sp³-hybridized carbons (Fsp3) is 0.256. The van der Waals surface area contributed by atoms with Crippen LogP contribution in [0, 0.1) is 10.1 Å². The first-order valence-corrected chi connectivity index (χ1v) is 35.5. The molecule has 0 aliphatic carbocycles. The summed E-state index contributed by atoms with van der Waals surface area (Å²) in [6.07, 6.45) is 4.19. The number of likely N-dealkylation sites (N-methyl/N-ethyl adjacent to an activating group) is 1. The minimum absolute atomic E-state index is 0.0195. The number of non-ortho nitro benzene ring substituents is 1. The van der Waals surface area contributed by atoms with E-state index in [1.54, 1.807) is 54.6 Å². The Balaban J connectivity index is 0.896. The number of fused-ring (bicyclic) bond motifs is 2. The van der Waals surface area contributed by atoms with E-state index in [1.807, 2.05) is 48.4 Å². The molecule has 9 aromatic carbocycles. The van der Waals surface area contributed by atoms with Crippen LogP contribution in [-0.2, 0) is 83.0 Å². The number of benzene rings is 9. The number of nitrogens with zero attached hydrogens (tertiary/aromatic N) is 2. The molecule has 115 heavy (non-hydrogen) atoms. The van der Waals surface area contributed by atoms with Gasteiger partial charge in [0.2, 0.25) is 5.72 Å². The summed E-state index contributed by atoms with van der Waals surface area (Å²) in [6.45, 7) is 3.72. The first kappa shape index (κ1) is 81.9. The van der Waals surface area contributed by atoms with Gasteiger partial charge in [0, 0.05) is 36.9 Å². The molecular weight excluding hydrogens is 1490 g/mol. The second kappa shape index (κ2) is 36.4. The van der Waals surface area contributed by atoms with Crippen LogP contribution < -0.4 is 47.5 Å². The summed E-state index contributed by atoms with van der Waals surface area (Å²) < 4.78 is 97.6. The molecule has 596 valence electrons. The second-order valence-corrected chi connectivity index (χ2v) is 26.6. The molecule has 1 spiro atoms. The van der Waals surface area contributed by atoms with E-state index in [0.29, 0.717) is 74.1 Å². The number of carbonyl (C=O) groups is 8. The zero-order valence-corrected chi connectivity index (χ0v) is 64.5. The Morgan fingerprint density at radius 2 is 0.643 bits per heavy atom. The number of hydrogen-bond acceptors (Lipinski definition) is 28. The molecule has 2 heterocycles. The quantitative estimate of drug-likeness (QED) is 0.0121. The smallest absolute Gasteiger partial charge is 0.338 e. The van der Waals surface area contributed by atoms with Crippen molar-refractivity contribution in [3.05, 3.63) is 269 Å². The molecule has 11 rings (SSSR count). The Labute approximate surface area is 660 Å². The molecule has 0 N–H and O–H groups in total. The van der Waals surface area contributed by atoms with E-state index in [9.17, 15) is 48.5 Å². The highest BCUT2D eigenvalue weighted by molar-refractivity contribution is 5.99. The van der Waals surface area contributed by atoms with E-state index in [1.165, 1.54) is 142 Å². The van der Waals surface area contributed by atoms with Crippen molar-refractivity contribution in [3.8, 4) is 51.7 Å². The molecule has 0 fully saturated rings. The summed E-state index contributed by atoms with van der Waals surface area (Å²) in [7, 11) is 11.5. The van der Waals surface area contributed by atoms with Crippen molar-refractivity contribution < 1.29 is 124 Å². The number of rotatable bonds is 33. The number of carbonyl (C=O) groups excluding carboxylic acids is 8. The summed E-state index contributed by atoms with van der Waals surface area (Å²) in [6, 6.07) is 42.7. The number of nitro groups is 1.